The number of ether oxygens (including phenoxy) is 3. The Morgan fingerprint density at radius 3 is 2.82 bits per heavy atom. The van der Waals surface area contributed by atoms with Gasteiger partial charge in [0.05, 0.1) is 33.5 Å². The van der Waals surface area contributed by atoms with Crippen molar-refractivity contribution in [3.8, 4) is 22.8 Å². The lowest BCUT2D eigenvalue weighted by atomic mass is 9.95. The average molecular weight is 628 g/mol. The normalized spacial score (nSPS) is 16.3. The van der Waals surface area contributed by atoms with E-state index in [1.807, 2.05) is 24.3 Å². The van der Waals surface area contributed by atoms with Gasteiger partial charge in [0.2, 0.25) is 6.79 Å². The number of halogens is 2. The van der Waals surface area contributed by atoms with Gasteiger partial charge in [0.25, 0.3) is 5.56 Å². The molecule has 2 aromatic carbocycles. The summed E-state index contributed by atoms with van der Waals surface area (Å²) in [6, 6.07) is 13.7. The van der Waals surface area contributed by atoms with Crippen molar-refractivity contribution in [2.75, 3.05) is 13.4 Å². The molecule has 2 aliphatic heterocycles. The molecule has 0 unspecified atom stereocenters. The zero-order valence-electron chi connectivity index (χ0n) is 20.7. The fraction of sp³-hybridized carbons (Fsp3) is 0.179. The molecule has 0 amide bonds. The van der Waals surface area contributed by atoms with Crippen LogP contribution in [-0.4, -0.2) is 23.9 Å². The second-order valence-electron chi connectivity index (χ2n) is 8.75. The van der Waals surface area contributed by atoms with E-state index in [-0.39, 0.29) is 19.0 Å². The summed E-state index contributed by atoms with van der Waals surface area (Å²) >= 11 is 10.8. The van der Waals surface area contributed by atoms with Crippen LogP contribution in [0.3, 0.4) is 0 Å². The topological polar surface area (TPSA) is 92.3 Å². The predicted octanol–water partition coefficient (Wildman–Crippen LogP) is 5.20. The number of hydrogen-bond acceptors (Lipinski definition) is 8. The lowest BCUT2D eigenvalue weighted by Crippen LogP contribution is -2.39. The van der Waals surface area contributed by atoms with Crippen LogP contribution in [-0.2, 0) is 9.53 Å². The van der Waals surface area contributed by atoms with Crippen molar-refractivity contribution >= 4 is 50.9 Å². The fourth-order valence-electron chi connectivity index (χ4n) is 4.55. The van der Waals surface area contributed by atoms with E-state index in [0.717, 1.165) is 10.0 Å². The maximum Gasteiger partial charge on any atom is 0.338 e. The SMILES string of the molecule is CCOC(=O)C1=C(C)N=c2s/c(=C\c3ccc(-c4ccc(Br)c(Cl)c4)o3)c(=O)n2[C@H]1c1ccc2c(c1)OCO2. The summed E-state index contributed by atoms with van der Waals surface area (Å²) in [6.07, 6.45) is 1.67. The number of thiazole rings is 1. The number of fused-ring (bicyclic) bond motifs is 2. The van der Waals surface area contributed by atoms with Gasteiger partial charge in [-0.05, 0) is 71.7 Å². The molecular formula is C28H20BrClN2O6S. The molecule has 0 saturated carbocycles. The van der Waals surface area contributed by atoms with E-state index in [4.69, 9.17) is 30.2 Å². The van der Waals surface area contributed by atoms with Gasteiger partial charge >= 0.3 is 5.97 Å². The molecule has 4 aromatic rings. The zero-order valence-corrected chi connectivity index (χ0v) is 23.9. The molecule has 0 radical (unpaired) electrons. The van der Waals surface area contributed by atoms with Crippen molar-refractivity contribution in [3.63, 3.8) is 0 Å². The van der Waals surface area contributed by atoms with Crippen molar-refractivity contribution < 1.29 is 23.4 Å². The van der Waals surface area contributed by atoms with Crippen LogP contribution in [0.15, 0.2) is 78.5 Å². The Kier molecular flexibility index (Phi) is 6.70. The molecule has 0 saturated heterocycles. The van der Waals surface area contributed by atoms with Crippen molar-refractivity contribution in [1.29, 1.82) is 0 Å². The van der Waals surface area contributed by atoms with Gasteiger partial charge in [0.15, 0.2) is 16.3 Å². The average Bonchev–Trinajstić information content (AvgIpc) is 3.64. The first-order chi connectivity index (χ1) is 18.8. The van der Waals surface area contributed by atoms with Gasteiger partial charge < -0.3 is 18.6 Å². The van der Waals surface area contributed by atoms with E-state index in [9.17, 15) is 9.59 Å². The van der Waals surface area contributed by atoms with Gasteiger partial charge in [0.1, 0.15) is 11.5 Å². The highest BCUT2D eigenvalue weighted by Gasteiger charge is 2.34. The third kappa shape index (κ3) is 4.62. The Morgan fingerprint density at radius 1 is 1.21 bits per heavy atom. The van der Waals surface area contributed by atoms with Crippen LogP contribution in [0.25, 0.3) is 17.4 Å². The van der Waals surface area contributed by atoms with Crippen molar-refractivity contribution in [3.05, 3.63) is 100 Å². The maximum absolute atomic E-state index is 13.8. The molecule has 2 aromatic heterocycles. The highest BCUT2D eigenvalue weighted by Crippen LogP contribution is 2.38. The number of esters is 1. The summed E-state index contributed by atoms with van der Waals surface area (Å²) < 4.78 is 25.1. The summed E-state index contributed by atoms with van der Waals surface area (Å²) in [5.74, 6) is 1.73. The third-order valence-electron chi connectivity index (χ3n) is 6.33. The van der Waals surface area contributed by atoms with E-state index in [2.05, 4.69) is 20.9 Å². The van der Waals surface area contributed by atoms with Gasteiger partial charge in [-0.2, -0.15) is 0 Å². The summed E-state index contributed by atoms with van der Waals surface area (Å²) in [5.41, 5.74) is 1.96. The van der Waals surface area contributed by atoms with Gasteiger partial charge in [-0.25, -0.2) is 9.79 Å². The van der Waals surface area contributed by atoms with Crippen LogP contribution >= 0.6 is 38.9 Å². The molecule has 39 heavy (non-hydrogen) atoms. The number of aromatic nitrogens is 1. The number of hydrogen-bond donors (Lipinski definition) is 0. The summed E-state index contributed by atoms with van der Waals surface area (Å²) in [7, 11) is 0. The fourth-order valence-corrected chi connectivity index (χ4v) is 6.01. The van der Waals surface area contributed by atoms with E-state index in [1.165, 1.54) is 15.9 Å². The number of benzene rings is 2. The monoisotopic (exact) mass is 626 g/mol. The number of carbonyl (C=O) groups is 1. The molecule has 0 N–H and O–H groups in total. The number of allylic oxidation sites excluding steroid dienone is 1. The second kappa shape index (κ2) is 10.2. The highest BCUT2D eigenvalue weighted by molar-refractivity contribution is 9.10. The van der Waals surface area contributed by atoms with Crippen LogP contribution < -0.4 is 24.4 Å². The Hall–Kier alpha value is -3.60. The number of nitrogens with zero attached hydrogens (tertiary/aromatic N) is 2. The quantitative estimate of drug-likeness (QED) is 0.283. The molecule has 8 nitrogen and oxygen atoms in total. The molecule has 198 valence electrons. The van der Waals surface area contributed by atoms with Crippen LogP contribution in [0.4, 0.5) is 0 Å². The summed E-state index contributed by atoms with van der Waals surface area (Å²) in [6.45, 7) is 3.78. The minimum atomic E-state index is -0.756. The summed E-state index contributed by atoms with van der Waals surface area (Å²) in [4.78, 5) is 32.0. The highest BCUT2D eigenvalue weighted by atomic mass is 79.9. The van der Waals surface area contributed by atoms with Gasteiger partial charge in [-0.3, -0.25) is 9.36 Å². The zero-order chi connectivity index (χ0) is 27.3. The first-order valence-corrected chi connectivity index (χ1v) is 14.0. The van der Waals surface area contributed by atoms with Gasteiger partial charge in [-0.1, -0.05) is 35.1 Å². The molecule has 11 heteroatoms. The molecule has 1 atom stereocenters. The molecule has 0 bridgehead atoms. The Balaban J connectivity index is 1.47. The van der Waals surface area contributed by atoms with Crippen molar-refractivity contribution in [2.24, 2.45) is 4.99 Å². The molecule has 0 fully saturated rings. The molecule has 0 spiro atoms. The van der Waals surface area contributed by atoms with E-state index < -0.39 is 12.0 Å². The second-order valence-corrected chi connectivity index (χ2v) is 11.0. The maximum atomic E-state index is 13.8. The predicted molar refractivity (Wildman–Crippen MR) is 150 cm³/mol. The molecular weight excluding hydrogens is 608 g/mol. The minimum Gasteiger partial charge on any atom is -0.463 e. The van der Waals surface area contributed by atoms with E-state index >= 15 is 0 Å². The molecule has 0 aliphatic carbocycles. The third-order valence-corrected chi connectivity index (χ3v) is 8.55. The summed E-state index contributed by atoms with van der Waals surface area (Å²) in [5, 5.41) is 0.565. The first-order valence-electron chi connectivity index (χ1n) is 12.0. The van der Waals surface area contributed by atoms with Crippen LogP contribution in [0.2, 0.25) is 5.02 Å². The Labute approximate surface area is 239 Å². The Morgan fingerprint density at radius 2 is 2.03 bits per heavy atom. The van der Waals surface area contributed by atoms with Crippen LogP contribution in [0, 0.1) is 0 Å². The molecule has 6 rings (SSSR count). The van der Waals surface area contributed by atoms with E-state index in [1.54, 1.807) is 44.2 Å². The number of furan rings is 1. The number of carbonyl (C=O) groups excluding carboxylic acids is 1. The molecule has 2 aliphatic rings. The van der Waals surface area contributed by atoms with Gasteiger partial charge in [0, 0.05) is 16.1 Å². The van der Waals surface area contributed by atoms with Crippen molar-refractivity contribution in [1.82, 2.24) is 4.57 Å². The molecule has 4 heterocycles. The van der Waals surface area contributed by atoms with Crippen molar-refractivity contribution in [2.45, 2.75) is 19.9 Å². The smallest absolute Gasteiger partial charge is 0.338 e. The van der Waals surface area contributed by atoms with Crippen LogP contribution in [0.1, 0.15) is 31.2 Å². The lowest BCUT2D eigenvalue weighted by molar-refractivity contribution is -0.139. The Bertz CT molecular complexity index is 1850. The minimum absolute atomic E-state index is 0.110. The standard InChI is InChI=1S/C28H20BrClN2O6S/c1-3-35-27(34)24-14(2)31-28-32(25(24)16-5-8-21-22(11-16)37-13-36-21)26(33)23(39-28)12-17-6-9-20(38-17)15-4-7-18(29)19(30)10-15/h4-12,25H,3,13H2,1-2H3/b23-12-/t25-/m0/s1. The van der Waals surface area contributed by atoms with Gasteiger partial charge in [-0.15, -0.1) is 0 Å². The van der Waals surface area contributed by atoms with E-state index in [0.29, 0.717) is 54.2 Å². The number of rotatable bonds is 5. The largest absolute Gasteiger partial charge is 0.463 e. The van der Waals surface area contributed by atoms with Crippen LogP contribution in [0.5, 0.6) is 11.5 Å². The lowest BCUT2D eigenvalue weighted by Gasteiger charge is -2.24. The first kappa shape index (κ1) is 25.7.